The van der Waals surface area contributed by atoms with Gasteiger partial charge in [0, 0.05) is 23.9 Å². The molecule has 1 amide bonds. The highest BCUT2D eigenvalue weighted by Gasteiger charge is 2.41. The molecule has 2 aromatic rings. The highest BCUT2D eigenvalue weighted by atomic mass is 19.4. The number of imidazole rings is 1. The molecule has 0 unspecified atom stereocenters. The first-order valence-corrected chi connectivity index (χ1v) is 9.93. The highest BCUT2D eigenvalue weighted by Crippen LogP contribution is 2.40. The van der Waals surface area contributed by atoms with E-state index in [-0.39, 0.29) is 60.6 Å². The van der Waals surface area contributed by atoms with Crippen molar-refractivity contribution in [3.63, 3.8) is 0 Å². The molecule has 1 aliphatic carbocycles. The second-order valence-corrected chi connectivity index (χ2v) is 9.05. The maximum absolute atomic E-state index is 13.7. The minimum Gasteiger partial charge on any atom is -0.347 e. The first kappa shape index (κ1) is 23.0. The zero-order valence-corrected chi connectivity index (χ0v) is 17.4. The lowest BCUT2D eigenvalue weighted by molar-refractivity contribution is -0.141. The predicted octanol–water partition coefficient (Wildman–Crippen LogP) is 5.12. The Bertz CT molecular complexity index is 1030. The molecule has 2 heterocycles. The number of halogens is 5. The molecule has 0 aliphatic heterocycles. The predicted molar refractivity (Wildman–Crippen MR) is 103 cm³/mol. The average molecular weight is 442 g/mol. The third-order valence-electron chi connectivity index (χ3n) is 5.27. The standard InChI is InChI=1S/C21H23F5N4O/c1-19(2,3)29-18(31)13-9-14(11-27)30-15(8-12-4-6-20(22,23)7-5-12)17(21(24,25)26)28-16(30)10-13/h9-10,12H,4-8H2,1-3H3,(H,29,31). The maximum Gasteiger partial charge on any atom is 0.435 e. The van der Waals surface area contributed by atoms with Crippen LogP contribution in [0.25, 0.3) is 5.65 Å². The molecule has 1 saturated carbocycles. The van der Waals surface area contributed by atoms with Gasteiger partial charge in [0.05, 0.1) is 5.69 Å². The van der Waals surface area contributed by atoms with E-state index in [2.05, 4.69) is 10.3 Å². The van der Waals surface area contributed by atoms with Crippen molar-refractivity contribution in [2.45, 2.75) is 70.5 Å². The summed E-state index contributed by atoms with van der Waals surface area (Å²) in [5.74, 6) is -3.72. The number of nitrogens with zero attached hydrogens (tertiary/aromatic N) is 3. The number of pyridine rings is 1. The van der Waals surface area contributed by atoms with Crippen molar-refractivity contribution in [1.29, 1.82) is 5.26 Å². The van der Waals surface area contributed by atoms with E-state index in [1.807, 2.05) is 6.07 Å². The van der Waals surface area contributed by atoms with Crippen molar-refractivity contribution in [2.24, 2.45) is 5.92 Å². The first-order valence-electron chi connectivity index (χ1n) is 9.93. The number of nitriles is 1. The van der Waals surface area contributed by atoms with E-state index < -0.39 is 29.2 Å². The second-order valence-electron chi connectivity index (χ2n) is 9.05. The molecule has 1 aliphatic rings. The molecule has 0 spiro atoms. The number of fused-ring (bicyclic) bond motifs is 1. The van der Waals surface area contributed by atoms with E-state index in [1.165, 1.54) is 12.1 Å². The van der Waals surface area contributed by atoms with Gasteiger partial charge in [-0.3, -0.25) is 9.20 Å². The smallest absolute Gasteiger partial charge is 0.347 e. The quantitative estimate of drug-likeness (QED) is 0.671. The van der Waals surface area contributed by atoms with Gasteiger partial charge in [0.2, 0.25) is 5.92 Å². The molecule has 1 fully saturated rings. The van der Waals surface area contributed by atoms with Crippen LogP contribution in [0.3, 0.4) is 0 Å². The Morgan fingerprint density at radius 2 is 1.87 bits per heavy atom. The largest absolute Gasteiger partial charge is 0.435 e. The summed E-state index contributed by atoms with van der Waals surface area (Å²) in [6, 6.07) is 4.26. The van der Waals surface area contributed by atoms with Crippen LogP contribution in [0.15, 0.2) is 12.1 Å². The molecule has 5 nitrogen and oxygen atoms in total. The Balaban J connectivity index is 2.08. The molecule has 2 aromatic heterocycles. The number of rotatable bonds is 3. The van der Waals surface area contributed by atoms with Gasteiger partial charge in [-0.15, -0.1) is 0 Å². The van der Waals surface area contributed by atoms with Crippen molar-refractivity contribution in [3.8, 4) is 6.07 Å². The molecule has 0 bridgehead atoms. The molecule has 0 atom stereocenters. The summed E-state index contributed by atoms with van der Waals surface area (Å²) >= 11 is 0. The van der Waals surface area contributed by atoms with Gasteiger partial charge in [-0.2, -0.15) is 18.4 Å². The molecule has 168 valence electrons. The summed E-state index contributed by atoms with van der Waals surface area (Å²) in [5.41, 5.74) is -2.32. The van der Waals surface area contributed by atoms with Gasteiger partial charge in [-0.05, 0) is 58.1 Å². The zero-order valence-electron chi connectivity index (χ0n) is 17.4. The molecule has 3 rings (SSSR count). The Kier molecular flexibility index (Phi) is 5.76. The summed E-state index contributed by atoms with van der Waals surface area (Å²) in [6.07, 6.45) is -5.50. The summed E-state index contributed by atoms with van der Waals surface area (Å²) < 4.78 is 69.2. The van der Waals surface area contributed by atoms with Crippen molar-refractivity contribution in [3.05, 3.63) is 34.8 Å². The third-order valence-corrected chi connectivity index (χ3v) is 5.27. The Labute approximate surface area is 176 Å². The SMILES string of the molecule is CC(C)(C)NC(=O)c1cc(C#N)n2c(CC3CCC(F)(F)CC3)c(C(F)(F)F)nc2c1. The van der Waals surface area contributed by atoms with Crippen LogP contribution in [0.5, 0.6) is 0 Å². The summed E-state index contributed by atoms with van der Waals surface area (Å²) in [5, 5.41) is 12.3. The average Bonchev–Trinajstić information content (AvgIpc) is 3.00. The Morgan fingerprint density at radius 3 is 2.39 bits per heavy atom. The highest BCUT2D eigenvalue weighted by molar-refractivity contribution is 5.96. The lowest BCUT2D eigenvalue weighted by Gasteiger charge is -2.28. The fraction of sp³-hybridized carbons (Fsp3) is 0.571. The number of nitrogens with one attached hydrogen (secondary N) is 1. The fourth-order valence-electron chi connectivity index (χ4n) is 3.85. The van der Waals surface area contributed by atoms with Crippen molar-refractivity contribution < 1.29 is 26.7 Å². The van der Waals surface area contributed by atoms with E-state index in [4.69, 9.17) is 0 Å². The topological polar surface area (TPSA) is 70.2 Å². The van der Waals surface area contributed by atoms with Crippen LogP contribution in [-0.4, -0.2) is 26.8 Å². The number of hydrogen-bond donors (Lipinski definition) is 1. The summed E-state index contributed by atoms with van der Waals surface area (Å²) in [4.78, 5) is 16.2. The van der Waals surface area contributed by atoms with Gasteiger partial charge in [0.1, 0.15) is 17.4 Å². The Hall–Kier alpha value is -2.70. The Morgan fingerprint density at radius 1 is 1.26 bits per heavy atom. The van der Waals surface area contributed by atoms with Crippen molar-refractivity contribution in [1.82, 2.24) is 14.7 Å². The lowest BCUT2D eigenvalue weighted by Crippen LogP contribution is -2.40. The molecule has 0 aromatic carbocycles. The third kappa shape index (κ3) is 5.14. The minimum absolute atomic E-state index is 0.0153. The summed E-state index contributed by atoms with van der Waals surface area (Å²) in [7, 11) is 0. The van der Waals surface area contributed by atoms with Gasteiger partial charge in [0.25, 0.3) is 5.91 Å². The minimum atomic E-state index is -4.79. The number of amides is 1. The van der Waals surface area contributed by atoms with Crippen LogP contribution >= 0.6 is 0 Å². The monoisotopic (exact) mass is 442 g/mol. The van der Waals surface area contributed by atoms with E-state index in [1.54, 1.807) is 20.8 Å². The number of carbonyl (C=O) groups is 1. The molecule has 10 heteroatoms. The van der Waals surface area contributed by atoms with Crippen LogP contribution in [0.1, 0.15) is 73.9 Å². The van der Waals surface area contributed by atoms with E-state index in [0.29, 0.717) is 0 Å². The zero-order chi connectivity index (χ0) is 23.2. The van der Waals surface area contributed by atoms with Crippen LogP contribution < -0.4 is 5.32 Å². The van der Waals surface area contributed by atoms with Crippen LogP contribution in [0, 0.1) is 17.2 Å². The van der Waals surface area contributed by atoms with Gasteiger partial charge in [0.15, 0.2) is 5.69 Å². The fourth-order valence-corrected chi connectivity index (χ4v) is 3.85. The van der Waals surface area contributed by atoms with E-state index in [9.17, 15) is 32.0 Å². The molecular weight excluding hydrogens is 419 g/mol. The second kappa shape index (κ2) is 7.77. The van der Waals surface area contributed by atoms with Gasteiger partial charge in [-0.1, -0.05) is 0 Å². The molecule has 1 N–H and O–H groups in total. The van der Waals surface area contributed by atoms with Crippen molar-refractivity contribution >= 4 is 11.6 Å². The molecule has 0 saturated heterocycles. The van der Waals surface area contributed by atoms with Gasteiger partial charge in [-0.25, -0.2) is 13.8 Å². The summed E-state index contributed by atoms with van der Waals surface area (Å²) in [6.45, 7) is 5.24. The van der Waals surface area contributed by atoms with Gasteiger partial charge >= 0.3 is 6.18 Å². The van der Waals surface area contributed by atoms with Crippen LogP contribution in [0.4, 0.5) is 22.0 Å². The number of carbonyl (C=O) groups excluding carboxylic acids is 1. The molecular formula is C21H23F5N4O. The van der Waals surface area contributed by atoms with E-state index >= 15 is 0 Å². The van der Waals surface area contributed by atoms with Crippen LogP contribution in [0.2, 0.25) is 0 Å². The maximum atomic E-state index is 13.7. The van der Waals surface area contributed by atoms with Crippen molar-refractivity contribution in [2.75, 3.05) is 0 Å². The molecule has 31 heavy (non-hydrogen) atoms. The number of hydrogen-bond acceptors (Lipinski definition) is 3. The van der Waals surface area contributed by atoms with E-state index in [0.717, 1.165) is 4.40 Å². The first-order chi connectivity index (χ1) is 14.2. The van der Waals surface area contributed by atoms with Crippen LogP contribution in [-0.2, 0) is 12.6 Å². The van der Waals surface area contributed by atoms with Gasteiger partial charge < -0.3 is 5.32 Å². The molecule has 0 radical (unpaired) electrons. The number of aromatic nitrogens is 2. The normalized spacial score (nSPS) is 17.5. The number of alkyl halides is 5. The lowest BCUT2D eigenvalue weighted by atomic mass is 9.83.